The molecule has 1 aromatic carbocycles. The lowest BCUT2D eigenvalue weighted by molar-refractivity contribution is -0.132. The maximum Gasteiger partial charge on any atom is 0.243 e. The molecular weight excluding hydrogens is 398 g/mol. The first-order valence-electron chi connectivity index (χ1n) is 10.8. The number of piperidine rings is 1. The van der Waals surface area contributed by atoms with E-state index >= 15 is 0 Å². The van der Waals surface area contributed by atoms with Crippen LogP contribution in [-0.4, -0.2) is 48.1 Å². The highest BCUT2D eigenvalue weighted by Crippen LogP contribution is 2.32. The van der Waals surface area contributed by atoms with Gasteiger partial charge in [0.25, 0.3) is 0 Å². The Bertz CT molecular complexity index is 955. The summed E-state index contributed by atoms with van der Waals surface area (Å²) in [5.41, 5.74) is 2.08. The minimum absolute atomic E-state index is 0.114. The second-order valence-corrected chi connectivity index (χ2v) is 10.1. The first kappa shape index (κ1) is 21.0. The molecule has 1 amide bonds. The fourth-order valence-corrected chi connectivity index (χ4v) is 5.98. The molecule has 0 aliphatic carbocycles. The molecule has 0 spiro atoms. The van der Waals surface area contributed by atoms with Crippen LogP contribution in [0.25, 0.3) is 0 Å². The molecule has 0 N–H and O–H groups in total. The molecule has 3 heterocycles. The highest BCUT2D eigenvalue weighted by molar-refractivity contribution is 7.89. The number of carbonyl (C=O) groups excluding carboxylic acids is 1. The van der Waals surface area contributed by atoms with Crippen LogP contribution in [0.1, 0.15) is 55.7 Å². The Labute approximate surface area is 179 Å². The second-order valence-electron chi connectivity index (χ2n) is 8.14. The highest BCUT2D eigenvalue weighted by Gasteiger charge is 2.30. The van der Waals surface area contributed by atoms with Crippen LogP contribution in [0.15, 0.2) is 53.7 Å². The van der Waals surface area contributed by atoms with Gasteiger partial charge in [0.2, 0.25) is 15.9 Å². The van der Waals surface area contributed by atoms with Gasteiger partial charge in [-0.15, -0.1) is 0 Å². The maximum absolute atomic E-state index is 12.8. The monoisotopic (exact) mass is 427 g/mol. The number of carbonyl (C=O) groups is 1. The Morgan fingerprint density at radius 3 is 2.47 bits per heavy atom. The van der Waals surface area contributed by atoms with Crippen LogP contribution < -0.4 is 0 Å². The molecule has 4 rings (SSSR count). The van der Waals surface area contributed by atoms with Gasteiger partial charge in [-0.2, -0.15) is 4.31 Å². The predicted octanol–water partition coefficient (Wildman–Crippen LogP) is 3.55. The van der Waals surface area contributed by atoms with Crippen molar-refractivity contribution in [3.63, 3.8) is 0 Å². The van der Waals surface area contributed by atoms with Crippen molar-refractivity contribution in [1.82, 2.24) is 14.2 Å². The van der Waals surface area contributed by atoms with Gasteiger partial charge in [-0.3, -0.25) is 9.78 Å². The molecule has 1 unspecified atom stereocenters. The lowest BCUT2D eigenvalue weighted by Gasteiger charge is -2.26. The van der Waals surface area contributed by atoms with Gasteiger partial charge in [-0.05, 0) is 61.4 Å². The number of likely N-dealkylation sites (tertiary alicyclic amines) is 1. The molecule has 30 heavy (non-hydrogen) atoms. The number of aromatic nitrogens is 1. The van der Waals surface area contributed by atoms with E-state index in [0.29, 0.717) is 30.8 Å². The van der Waals surface area contributed by atoms with Crippen molar-refractivity contribution in [1.29, 1.82) is 0 Å². The number of benzene rings is 1. The van der Waals surface area contributed by atoms with Crippen molar-refractivity contribution in [2.45, 2.75) is 55.9 Å². The number of aryl methyl sites for hydroxylation is 1. The molecule has 2 aromatic rings. The van der Waals surface area contributed by atoms with Gasteiger partial charge in [0, 0.05) is 38.4 Å². The zero-order valence-corrected chi connectivity index (χ0v) is 18.1. The lowest BCUT2D eigenvalue weighted by Crippen LogP contribution is -2.35. The summed E-state index contributed by atoms with van der Waals surface area (Å²) in [7, 11) is -3.41. The number of nitrogens with zero attached hydrogens (tertiary/aromatic N) is 3. The molecule has 160 valence electrons. The summed E-state index contributed by atoms with van der Waals surface area (Å²) in [6.07, 6.45) is 9.56. The van der Waals surface area contributed by atoms with E-state index in [1.807, 2.05) is 35.4 Å². The van der Waals surface area contributed by atoms with E-state index in [4.69, 9.17) is 0 Å². The average molecular weight is 428 g/mol. The van der Waals surface area contributed by atoms with Crippen molar-refractivity contribution < 1.29 is 13.2 Å². The summed E-state index contributed by atoms with van der Waals surface area (Å²) in [4.78, 5) is 19.3. The molecule has 0 bridgehead atoms. The van der Waals surface area contributed by atoms with E-state index in [-0.39, 0.29) is 11.9 Å². The number of hydrogen-bond acceptors (Lipinski definition) is 4. The molecule has 0 radical (unpaired) electrons. The van der Waals surface area contributed by atoms with Gasteiger partial charge < -0.3 is 4.90 Å². The standard InChI is InChI=1S/C23H29N3O3S/c27-23(26-17-5-7-22(26)20-6-4-14-24-18-20)13-10-19-8-11-21(12-9-19)30(28,29)25-15-2-1-3-16-25/h4,6,8-9,11-12,14,18,22H,1-3,5,7,10,13,15-17H2. The summed E-state index contributed by atoms with van der Waals surface area (Å²) in [6, 6.07) is 11.1. The van der Waals surface area contributed by atoms with Gasteiger partial charge in [-0.1, -0.05) is 24.6 Å². The number of pyridine rings is 1. The normalized spacial score (nSPS) is 20.4. The van der Waals surface area contributed by atoms with Crippen LogP contribution in [0.3, 0.4) is 0 Å². The zero-order chi connectivity index (χ0) is 21.0. The second kappa shape index (κ2) is 9.27. The summed E-state index contributed by atoms with van der Waals surface area (Å²) in [5, 5.41) is 0. The molecule has 1 atom stereocenters. The summed E-state index contributed by atoms with van der Waals surface area (Å²) in [6.45, 7) is 1.99. The summed E-state index contributed by atoms with van der Waals surface area (Å²) >= 11 is 0. The fraction of sp³-hybridized carbons (Fsp3) is 0.478. The Kier molecular flexibility index (Phi) is 6.49. The molecule has 2 aliphatic rings. The lowest BCUT2D eigenvalue weighted by atomic mass is 10.1. The molecule has 1 aromatic heterocycles. The fourth-order valence-electron chi connectivity index (χ4n) is 4.46. The van der Waals surface area contributed by atoms with E-state index in [1.165, 1.54) is 0 Å². The summed E-state index contributed by atoms with van der Waals surface area (Å²) < 4.78 is 27.1. The molecule has 2 fully saturated rings. The third kappa shape index (κ3) is 4.57. The van der Waals surface area contributed by atoms with Crippen molar-refractivity contribution in [2.75, 3.05) is 19.6 Å². The molecule has 0 saturated carbocycles. The van der Waals surface area contributed by atoms with Gasteiger partial charge in [0.15, 0.2) is 0 Å². The molecule has 2 aliphatic heterocycles. The Morgan fingerprint density at radius 2 is 1.77 bits per heavy atom. The van der Waals surface area contributed by atoms with Crippen molar-refractivity contribution >= 4 is 15.9 Å². The van der Waals surface area contributed by atoms with Crippen LogP contribution in [0.2, 0.25) is 0 Å². The maximum atomic E-state index is 12.8. The number of amides is 1. The van der Waals surface area contributed by atoms with Crippen LogP contribution in [0, 0.1) is 0 Å². The van der Waals surface area contributed by atoms with E-state index < -0.39 is 10.0 Å². The smallest absolute Gasteiger partial charge is 0.243 e. The minimum atomic E-state index is -3.41. The Morgan fingerprint density at radius 1 is 1.00 bits per heavy atom. The van der Waals surface area contributed by atoms with Gasteiger partial charge in [0.05, 0.1) is 10.9 Å². The van der Waals surface area contributed by atoms with E-state index in [2.05, 4.69) is 4.98 Å². The number of sulfonamides is 1. The average Bonchev–Trinajstić information content (AvgIpc) is 3.29. The molecule has 6 nitrogen and oxygen atoms in total. The molecular formula is C23H29N3O3S. The van der Waals surface area contributed by atoms with Gasteiger partial charge in [-0.25, -0.2) is 8.42 Å². The first-order valence-corrected chi connectivity index (χ1v) is 12.3. The van der Waals surface area contributed by atoms with Gasteiger partial charge >= 0.3 is 0 Å². The van der Waals surface area contributed by atoms with Crippen LogP contribution in [0.5, 0.6) is 0 Å². The van der Waals surface area contributed by atoms with E-state index in [9.17, 15) is 13.2 Å². The largest absolute Gasteiger partial charge is 0.336 e. The molecule has 2 saturated heterocycles. The van der Waals surface area contributed by atoms with Crippen molar-refractivity contribution in [3.05, 3.63) is 59.9 Å². The zero-order valence-electron chi connectivity index (χ0n) is 17.2. The topological polar surface area (TPSA) is 70.6 Å². The molecule has 7 heteroatoms. The minimum Gasteiger partial charge on any atom is -0.336 e. The quantitative estimate of drug-likeness (QED) is 0.707. The predicted molar refractivity (Wildman–Crippen MR) is 115 cm³/mol. The third-order valence-electron chi connectivity index (χ3n) is 6.15. The SMILES string of the molecule is O=C(CCc1ccc(S(=O)(=O)N2CCCCC2)cc1)N1CCCC1c1cccnc1. The number of rotatable bonds is 6. The van der Waals surface area contributed by atoms with Crippen LogP contribution >= 0.6 is 0 Å². The highest BCUT2D eigenvalue weighted by atomic mass is 32.2. The van der Waals surface area contributed by atoms with Crippen LogP contribution in [0.4, 0.5) is 0 Å². The van der Waals surface area contributed by atoms with Crippen molar-refractivity contribution in [3.8, 4) is 0 Å². The first-order chi connectivity index (χ1) is 14.6. The summed E-state index contributed by atoms with van der Waals surface area (Å²) in [5.74, 6) is 0.145. The van der Waals surface area contributed by atoms with E-state index in [0.717, 1.165) is 49.8 Å². The Balaban J connectivity index is 1.36. The Hall–Kier alpha value is -2.25. The van der Waals surface area contributed by atoms with Crippen molar-refractivity contribution in [2.24, 2.45) is 0 Å². The number of hydrogen-bond donors (Lipinski definition) is 0. The third-order valence-corrected chi connectivity index (χ3v) is 8.06. The van der Waals surface area contributed by atoms with E-state index in [1.54, 1.807) is 22.6 Å². The van der Waals surface area contributed by atoms with Crippen LogP contribution in [-0.2, 0) is 21.2 Å². The van der Waals surface area contributed by atoms with Gasteiger partial charge in [0.1, 0.15) is 0 Å².